The summed E-state index contributed by atoms with van der Waals surface area (Å²) < 4.78 is 0. The van der Waals surface area contributed by atoms with Gasteiger partial charge in [0, 0.05) is 32.0 Å². The number of aromatic nitrogens is 5. The fourth-order valence-electron chi connectivity index (χ4n) is 3.43. The third-order valence-electron chi connectivity index (χ3n) is 5.10. The Kier molecular flexibility index (Phi) is 6.27. The van der Waals surface area contributed by atoms with Gasteiger partial charge < -0.3 is 10.6 Å². The number of aryl methyl sites for hydroxylation is 1. The van der Waals surface area contributed by atoms with E-state index in [-0.39, 0.29) is 24.8 Å². The Labute approximate surface area is 179 Å². The molecule has 1 aromatic carbocycles. The van der Waals surface area contributed by atoms with Crippen LogP contribution in [-0.2, 0) is 22.7 Å². The maximum absolute atomic E-state index is 12.5. The van der Waals surface area contributed by atoms with Crippen molar-refractivity contribution in [3.8, 4) is 11.5 Å². The Morgan fingerprint density at radius 1 is 1.26 bits per heavy atom. The Bertz CT molecular complexity index is 1040. The first-order chi connectivity index (χ1) is 15.1. The molecule has 0 saturated carbocycles. The van der Waals surface area contributed by atoms with E-state index in [1.807, 2.05) is 24.0 Å². The van der Waals surface area contributed by atoms with Crippen LogP contribution in [0.5, 0.6) is 0 Å². The summed E-state index contributed by atoms with van der Waals surface area (Å²) in [5.41, 5.74) is 2.84. The zero-order valence-electron chi connectivity index (χ0n) is 17.2. The molecule has 0 unspecified atom stereocenters. The molecule has 0 bridgehead atoms. The summed E-state index contributed by atoms with van der Waals surface area (Å²) in [6, 6.07) is 7.69. The highest BCUT2D eigenvalue weighted by Crippen LogP contribution is 2.15. The number of hydrogen-bond acceptors (Lipinski definition) is 7. The Balaban J connectivity index is 1.34. The molecule has 3 N–H and O–H groups in total. The molecule has 1 aliphatic rings. The number of carbonyl (C=O) groups excluding carboxylic acids is 2. The number of hydrogen-bond donors (Lipinski definition) is 3. The number of H-pyrrole nitrogens is 1. The first kappa shape index (κ1) is 20.6. The lowest BCUT2D eigenvalue weighted by Crippen LogP contribution is -2.56. The molecule has 31 heavy (non-hydrogen) atoms. The average molecular weight is 420 g/mol. The fourth-order valence-corrected chi connectivity index (χ4v) is 3.43. The highest BCUT2D eigenvalue weighted by molar-refractivity contribution is 5.88. The Morgan fingerprint density at radius 3 is 2.87 bits per heavy atom. The van der Waals surface area contributed by atoms with Gasteiger partial charge in [-0.15, -0.1) is 0 Å². The number of aromatic amines is 1. The molecule has 3 aromatic rings. The standard InChI is InChI=1S/C21H24N8O2/c1-14-2-4-15(5-3-14)13-29-9-8-24-21(31)17(29)10-19(30)25-12-18-26-20(28-27-18)16-11-22-6-7-23-16/h2-7,11,17H,8-10,12-13H2,1H3,(H,24,31)(H,25,30)(H,26,27,28)/t17-/m0/s1. The molecule has 0 spiro atoms. The second-order valence-corrected chi connectivity index (χ2v) is 7.44. The zero-order chi connectivity index (χ0) is 21.6. The van der Waals surface area contributed by atoms with Crippen molar-refractivity contribution in [1.82, 2.24) is 40.7 Å². The van der Waals surface area contributed by atoms with Crippen LogP contribution >= 0.6 is 0 Å². The normalized spacial score (nSPS) is 16.7. The largest absolute Gasteiger partial charge is 0.353 e. The van der Waals surface area contributed by atoms with Crippen LogP contribution in [0.4, 0.5) is 0 Å². The van der Waals surface area contributed by atoms with Gasteiger partial charge in [-0.25, -0.2) is 9.97 Å². The van der Waals surface area contributed by atoms with E-state index < -0.39 is 6.04 Å². The third kappa shape index (κ3) is 5.28. The van der Waals surface area contributed by atoms with E-state index in [1.165, 1.54) is 5.56 Å². The molecule has 160 valence electrons. The first-order valence-electron chi connectivity index (χ1n) is 10.1. The molecular formula is C21H24N8O2. The number of rotatable bonds is 7. The van der Waals surface area contributed by atoms with Gasteiger partial charge >= 0.3 is 0 Å². The van der Waals surface area contributed by atoms with Gasteiger partial charge in [-0.05, 0) is 12.5 Å². The van der Waals surface area contributed by atoms with Crippen LogP contribution in [0, 0.1) is 6.92 Å². The van der Waals surface area contributed by atoms with E-state index in [0.29, 0.717) is 37.0 Å². The predicted molar refractivity (Wildman–Crippen MR) is 112 cm³/mol. The van der Waals surface area contributed by atoms with Crippen LogP contribution in [0.25, 0.3) is 11.5 Å². The number of piperazine rings is 1. The van der Waals surface area contributed by atoms with Crippen molar-refractivity contribution in [3.05, 3.63) is 59.8 Å². The maximum Gasteiger partial charge on any atom is 0.237 e. The van der Waals surface area contributed by atoms with E-state index in [4.69, 9.17) is 0 Å². The number of nitrogens with zero attached hydrogens (tertiary/aromatic N) is 5. The highest BCUT2D eigenvalue weighted by atomic mass is 16.2. The van der Waals surface area contributed by atoms with Crippen molar-refractivity contribution >= 4 is 11.8 Å². The molecule has 1 aliphatic heterocycles. The second-order valence-electron chi connectivity index (χ2n) is 7.44. The molecule has 0 radical (unpaired) electrons. The summed E-state index contributed by atoms with van der Waals surface area (Å²) in [7, 11) is 0. The molecule has 10 nitrogen and oxygen atoms in total. The van der Waals surface area contributed by atoms with E-state index in [1.54, 1.807) is 18.6 Å². The maximum atomic E-state index is 12.5. The zero-order valence-corrected chi connectivity index (χ0v) is 17.2. The summed E-state index contributed by atoms with van der Waals surface area (Å²) in [6.07, 6.45) is 4.77. The lowest BCUT2D eigenvalue weighted by atomic mass is 10.1. The minimum Gasteiger partial charge on any atom is -0.353 e. The van der Waals surface area contributed by atoms with Gasteiger partial charge in [0.15, 0.2) is 0 Å². The molecule has 2 amide bonds. The summed E-state index contributed by atoms with van der Waals surface area (Å²) >= 11 is 0. The summed E-state index contributed by atoms with van der Waals surface area (Å²) in [6.45, 7) is 4.11. The van der Waals surface area contributed by atoms with Crippen molar-refractivity contribution in [3.63, 3.8) is 0 Å². The third-order valence-corrected chi connectivity index (χ3v) is 5.10. The van der Waals surface area contributed by atoms with Gasteiger partial charge in [0.1, 0.15) is 11.5 Å². The SMILES string of the molecule is Cc1ccc(CN2CCNC(=O)[C@@H]2CC(=O)NCc2nc(-c3cnccn3)n[nH]2)cc1. The van der Waals surface area contributed by atoms with E-state index in [9.17, 15) is 9.59 Å². The minimum absolute atomic E-state index is 0.0723. The molecule has 1 atom stereocenters. The fraction of sp³-hybridized carbons (Fsp3) is 0.333. The quantitative estimate of drug-likeness (QED) is 0.510. The van der Waals surface area contributed by atoms with Gasteiger partial charge in [0.2, 0.25) is 17.6 Å². The van der Waals surface area contributed by atoms with Crippen molar-refractivity contribution in [2.45, 2.75) is 32.5 Å². The van der Waals surface area contributed by atoms with Crippen LogP contribution in [0.1, 0.15) is 23.4 Å². The lowest BCUT2D eigenvalue weighted by molar-refractivity contribution is -0.134. The molecule has 1 fully saturated rings. The van der Waals surface area contributed by atoms with E-state index in [0.717, 1.165) is 5.56 Å². The minimum atomic E-state index is -0.514. The van der Waals surface area contributed by atoms with E-state index >= 15 is 0 Å². The molecule has 2 aromatic heterocycles. The smallest absolute Gasteiger partial charge is 0.237 e. The number of nitrogens with one attached hydrogen (secondary N) is 3. The Hall–Kier alpha value is -3.66. The van der Waals surface area contributed by atoms with Gasteiger partial charge in [-0.2, -0.15) is 5.10 Å². The molecule has 3 heterocycles. The van der Waals surface area contributed by atoms with Gasteiger partial charge in [-0.1, -0.05) is 29.8 Å². The van der Waals surface area contributed by atoms with Crippen LogP contribution in [0.2, 0.25) is 0 Å². The molecule has 1 saturated heterocycles. The van der Waals surface area contributed by atoms with Crippen LogP contribution in [0.15, 0.2) is 42.9 Å². The first-order valence-corrected chi connectivity index (χ1v) is 10.1. The molecule has 10 heteroatoms. The number of carbonyl (C=O) groups is 2. The van der Waals surface area contributed by atoms with Crippen molar-refractivity contribution in [2.75, 3.05) is 13.1 Å². The molecular weight excluding hydrogens is 396 g/mol. The predicted octanol–water partition coefficient (Wildman–Crippen LogP) is 0.577. The summed E-state index contributed by atoms with van der Waals surface area (Å²) in [5.74, 6) is 0.554. The molecule has 0 aliphatic carbocycles. The Morgan fingerprint density at radius 2 is 2.10 bits per heavy atom. The lowest BCUT2D eigenvalue weighted by Gasteiger charge is -2.34. The monoisotopic (exact) mass is 420 g/mol. The summed E-state index contributed by atoms with van der Waals surface area (Å²) in [5, 5.41) is 12.5. The summed E-state index contributed by atoms with van der Waals surface area (Å²) in [4.78, 5) is 39.5. The number of amides is 2. The topological polar surface area (TPSA) is 129 Å². The van der Waals surface area contributed by atoms with Crippen LogP contribution in [-0.4, -0.2) is 61.0 Å². The van der Waals surface area contributed by atoms with Crippen LogP contribution in [0.3, 0.4) is 0 Å². The average Bonchev–Trinajstić information content (AvgIpc) is 3.26. The second kappa shape index (κ2) is 9.43. The van der Waals surface area contributed by atoms with Crippen molar-refractivity contribution in [1.29, 1.82) is 0 Å². The highest BCUT2D eigenvalue weighted by Gasteiger charge is 2.31. The van der Waals surface area contributed by atoms with Crippen molar-refractivity contribution in [2.24, 2.45) is 0 Å². The van der Waals surface area contributed by atoms with Crippen molar-refractivity contribution < 1.29 is 9.59 Å². The van der Waals surface area contributed by atoms with E-state index in [2.05, 4.69) is 47.9 Å². The van der Waals surface area contributed by atoms with Gasteiger partial charge in [-0.3, -0.25) is 24.6 Å². The van der Waals surface area contributed by atoms with Gasteiger partial charge in [0.25, 0.3) is 0 Å². The van der Waals surface area contributed by atoms with Gasteiger partial charge in [0.05, 0.1) is 25.2 Å². The number of benzene rings is 1. The molecule has 4 rings (SSSR count). The van der Waals surface area contributed by atoms with Crippen LogP contribution < -0.4 is 10.6 Å².